The molecule has 1 saturated heterocycles. The molecule has 0 saturated carbocycles. The molecule has 1 heterocycles. The van der Waals surface area contributed by atoms with Crippen LogP contribution >= 0.6 is 12.4 Å². The zero-order valence-corrected chi connectivity index (χ0v) is 10.3. The summed E-state index contributed by atoms with van der Waals surface area (Å²) in [6.07, 6.45) is 2.53. The summed E-state index contributed by atoms with van der Waals surface area (Å²) in [4.78, 5) is 11.9. The summed E-state index contributed by atoms with van der Waals surface area (Å²) in [6, 6.07) is 4.68. The van der Waals surface area contributed by atoms with Gasteiger partial charge in [-0.2, -0.15) is 0 Å². The molecule has 0 bridgehead atoms. The zero-order chi connectivity index (χ0) is 11.2. The normalized spacial score (nSPS) is 21.1. The van der Waals surface area contributed by atoms with Gasteiger partial charge in [-0.25, -0.2) is 4.39 Å². The Morgan fingerprint density at radius 3 is 2.65 bits per heavy atom. The lowest BCUT2D eigenvalue weighted by atomic mass is 9.74. The average Bonchev–Trinajstić information content (AvgIpc) is 2.53. The molecule has 1 aliphatic carbocycles. The van der Waals surface area contributed by atoms with Crippen molar-refractivity contribution in [2.24, 2.45) is 0 Å². The van der Waals surface area contributed by atoms with Crippen LogP contribution in [-0.2, 0) is 5.41 Å². The van der Waals surface area contributed by atoms with Gasteiger partial charge in [0.15, 0.2) is 5.78 Å². The van der Waals surface area contributed by atoms with Crippen LogP contribution in [0.25, 0.3) is 0 Å². The van der Waals surface area contributed by atoms with Crippen LogP contribution in [0.5, 0.6) is 0 Å². The number of carbonyl (C=O) groups excluding carboxylic acids is 1. The first-order valence-electron chi connectivity index (χ1n) is 5.75. The number of carbonyl (C=O) groups is 1. The maximum atomic E-state index is 13.1. The first kappa shape index (κ1) is 12.5. The highest BCUT2D eigenvalue weighted by atomic mass is 35.5. The van der Waals surface area contributed by atoms with E-state index in [0.717, 1.165) is 31.5 Å². The molecule has 2 nitrogen and oxygen atoms in total. The number of halogens is 2. The Labute approximate surface area is 106 Å². The van der Waals surface area contributed by atoms with E-state index in [-0.39, 0.29) is 29.4 Å². The van der Waals surface area contributed by atoms with Gasteiger partial charge >= 0.3 is 0 Å². The first-order valence-corrected chi connectivity index (χ1v) is 5.75. The van der Waals surface area contributed by atoms with Gasteiger partial charge in [0.25, 0.3) is 0 Å². The van der Waals surface area contributed by atoms with E-state index in [9.17, 15) is 9.18 Å². The minimum atomic E-state index is -0.307. The van der Waals surface area contributed by atoms with Crippen LogP contribution in [0.1, 0.15) is 35.2 Å². The van der Waals surface area contributed by atoms with Crippen molar-refractivity contribution in [1.29, 1.82) is 0 Å². The maximum Gasteiger partial charge on any atom is 0.164 e. The van der Waals surface area contributed by atoms with Gasteiger partial charge in [-0.15, -0.1) is 12.4 Å². The third kappa shape index (κ3) is 1.87. The standard InChI is InChI=1S/C13H14FNO.ClH/c14-9-1-2-11-10(7-9)12(16)8-13(11)3-5-15-6-4-13;/h1-2,7,15H,3-6,8H2;1H. The van der Waals surface area contributed by atoms with Gasteiger partial charge in [-0.3, -0.25) is 4.79 Å². The maximum absolute atomic E-state index is 13.1. The van der Waals surface area contributed by atoms with Crippen molar-refractivity contribution in [1.82, 2.24) is 5.32 Å². The highest BCUT2D eigenvalue weighted by molar-refractivity contribution is 6.02. The SMILES string of the molecule is Cl.O=C1CC2(CCNCC2)c2ccc(F)cc21. The van der Waals surface area contributed by atoms with E-state index >= 15 is 0 Å². The van der Waals surface area contributed by atoms with E-state index in [0.29, 0.717) is 12.0 Å². The molecule has 1 aromatic carbocycles. The summed E-state index contributed by atoms with van der Waals surface area (Å²) in [5, 5.41) is 3.31. The van der Waals surface area contributed by atoms with Crippen LogP contribution in [0.4, 0.5) is 4.39 Å². The van der Waals surface area contributed by atoms with Crippen molar-refractivity contribution in [2.75, 3.05) is 13.1 Å². The number of piperidine rings is 1. The number of rotatable bonds is 0. The lowest BCUT2D eigenvalue weighted by Crippen LogP contribution is -2.38. The number of fused-ring (bicyclic) bond motifs is 2. The third-order valence-corrected chi connectivity index (χ3v) is 3.91. The van der Waals surface area contributed by atoms with Crippen LogP contribution in [0.3, 0.4) is 0 Å². The van der Waals surface area contributed by atoms with Crippen LogP contribution in [0.15, 0.2) is 18.2 Å². The smallest absolute Gasteiger partial charge is 0.164 e. The summed E-state index contributed by atoms with van der Waals surface area (Å²) >= 11 is 0. The van der Waals surface area contributed by atoms with E-state index in [1.165, 1.54) is 12.1 Å². The number of nitrogens with one attached hydrogen (secondary N) is 1. The second-order valence-electron chi connectivity index (χ2n) is 4.82. The van der Waals surface area contributed by atoms with Crippen LogP contribution < -0.4 is 5.32 Å². The predicted molar refractivity (Wildman–Crippen MR) is 66.4 cm³/mol. The largest absolute Gasteiger partial charge is 0.317 e. The Morgan fingerprint density at radius 2 is 1.94 bits per heavy atom. The lowest BCUT2D eigenvalue weighted by Gasteiger charge is -2.34. The van der Waals surface area contributed by atoms with Gasteiger partial charge in [0.2, 0.25) is 0 Å². The van der Waals surface area contributed by atoms with Crippen LogP contribution in [-0.4, -0.2) is 18.9 Å². The monoisotopic (exact) mass is 255 g/mol. The molecule has 0 atom stereocenters. The molecule has 1 N–H and O–H groups in total. The fourth-order valence-electron chi connectivity index (χ4n) is 3.06. The van der Waals surface area contributed by atoms with Crippen molar-refractivity contribution in [3.8, 4) is 0 Å². The van der Waals surface area contributed by atoms with Gasteiger partial charge in [0, 0.05) is 17.4 Å². The van der Waals surface area contributed by atoms with Crippen molar-refractivity contribution >= 4 is 18.2 Å². The molecule has 1 spiro atoms. The van der Waals surface area contributed by atoms with E-state index < -0.39 is 0 Å². The van der Waals surface area contributed by atoms with Gasteiger partial charge in [0.1, 0.15) is 5.82 Å². The summed E-state index contributed by atoms with van der Waals surface area (Å²) in [7, 11) is 0. The van der Waals surface area contributed by atoms with Crippen molar-refractivity contribution in [2.45, 2.75) is 24.7 Å². The Balaban J connectivity index is 0.00000108. The van der Waals surface area contributed by atoms with E-state index in [4.69, 9.17) is 0 Å². The summed E-state index contributed by atoms with van der Waals surface area (Å²) in [5.41, 5.74) is 1.67. The molecule has 92 valence electrons. The molecule has 1 aliphatic heterocycles. The van der Waals surface area contributed by atoms with Gasteiger partial charge in [0.05, 0.1) is 0 Å². The molecule has 0 radical (unpaired) electrons. The molecule has 0 aromatic heterocycles. The first-order chi connectivity index (χ1) is 7.71. The topological polar surface area (TPSA) is 29.1 Å². The average molecular weight is 256 g/mol. The quantitative estimate of drug-likeness (QED) is 0.772. The summed E-state index contributed by atoms with van der Waals surface area (Å²) in [5.74, 6) is -0.200. The molecule has 1 fully saturated rings. The fourth-order valence-corrected chi connectivity index (χ4v) is 3.06. The number of hydrogen-bond donors (Lipinski definition) is 1. The number of benzene rings is 1. The zero-order valence-electron chi connectivity index (χ0n) is 9.46. The Hall–Kier alpha value is -0.930. The third-order valence-electron chi connectivity index (χ3n) is 3.91. The molecular formula is C13H15ClFNO. The molecule has 17 heavy (non-hydrogen) atoms. The second kappa shape index (κ2) is 4.39. The minimum absolute atomic E-state index is 0. The molecule has 2 aliphatic rings. The lowest BCUT2D eigenvalue weighted by molar-refractivity contribution is 0.0964. The summed E-state index contributed by atoms with van der Waals surface area (Å²) in [6.45, 7) is 1.90. The molecule has 4 heteroatoms. The molecular weight excluding hydrogens is 241 g/mol. The number of Topliss-reactive ketones (excluding diaryl/α,β-unsaturated/α-hetero) is 1. The van der Waals surface area contributed by atoms with Crippen molar-refractivity contribution in [3.63, 3.8) is 0 Å². The molecule has 0 unspecified atom stereocenters. The van der Waals surface area contributed by atoms with Gasteiger partial charge < -0.3 is 5.32 Å². The highest BCUT2D eigenvalue weighted by Crippen LogP contribution is 2.44. The van der Waals surface area contributed by atoms with Gasteiger partial charge in [-0.05, 0) is 43.6 Å². The van der Waals surface area contributed by atoms with Crippen LogP contribution in [0.2, 0.25) is 0 Å². The molecule has 3 rings (SSSR count). The second-order valence-corrected chi connectivity index (χ2v) is 4.82. The van der Waals surface area contributed by atoms with Gasteiger partial charge in [-0.1, -0.05) is 6.07 Å². The van der Waals surface area contributed by atoms with E-state index in [2.05, 4.69) is 5.32 Å². The highest BCUT2D eigenvalue weighted by Gasteiger charge is 2.43. The fraction of sp³-hybridized carbons (Fsp3) is 0.462. The number of ketones is 1. The number of hydrogen-bond acceptors (Lipinski definition) is 2. The van der Waals surface area contributed by atoms with E-state index in [1.807, 2.05) is 0 Å². The molecule has 1 aromatic rings. The Morgan fingerprint density at radius 1 is 1.24 bits per heavy atom. The Kier molecular flexibility index (Phi) is 3.23. The van der Waals surface area contributed by atoms with Crippen LogP contribution in [0, 0.1) is 5.82 Å². The predicted octanol–water partition coefficient (Wildman–Crippen LogP) is 2.46. The minimum Gasteiger partial charge on any atom is -0.317 e. The summed E-state index contributed by atoms with van der Waals surface area (Å²) < 4.78 is 13.1. The molecule has 0 amide bonds. The van der Waals surface area contributed by atoms with Crippen molar-refractivity contribution < 1.29 is 9.18 Å². The van der Waals surface area contributed by atoms with E-state index in [1.54, 1.807) is 6.07 Å². The van der Waals surface area contributed by atoms with Crippen molar-refractivity contribution in [3.05, 3.63) is 35.1 Å². The Bertz CT molecular complexity index is 455.